The molecule has 2 rings (SSSR count). The Hall–Kier alpha value is -1.38. The van der Waals surface area contributed by atoms with Gasteiger partial charge in [-0.2, -0.15) is 0 Å². The molecular formula is C13H15ClN2. The van der Waals surface area contributed by atoms with Crippen LogP contribution in [0.5, 0.6) is 0 Å². The highest BCUT2D eigenvalue weighted by molar-refractivity contribution is 5.85. The Labute approximate surface area is 102 Å². The number of nitrogens with two attached hydrogens (primary N) is 1. The van der Waals surface area contributed by atoms with Gasteiger partial charge >= 0.3 is 0 Å². The van der Waals surface area contributed by atoms with Gasteiger partial charge in [0.25, 0.3) is 0 Å². The molecule has 84 valence electrons. The maximum absolute atomic E-state index is 6.19. The van der Waals surface area contributed by atoms with Crippen molar-refractivity contribution in [2.45, 2.75) is 13.0 Å². The summed E-state index contributed by atoms with van der Waals surface area (Å²) in [6.07, 6.45) is 3.54. The minimum atomic E-state index is -0.0609. The molecule has 0 amide bonds. The standard InChI is InChI=1S/C13H14N2.ClH/c1-10-4-2-3-5-12(10)13(14)11-6-8-15-9-7-11;/h2-9,13H,14H2,1H3;1H. The molecular weight excluding hydrogens is 220 g/mol. The van der Waals surface area contributed by atoms with Crippen molar-refractivity contribution in [3.63, 3.8) is 0 Å². The lowest BCUT2D eigenvalue weighted by molar-refractivity contribution is 0.858. The van der Waals surface area contributed by atoms with E-state index >= 15 is 0 Å². The first-order valence-corrected chi connectivity index (χ1v) is 5.00. The van der Waals surface area contributed by atoms with Crippen LogP contribution in [0, 0.1) is 6.92 Å². The van der Waals surface area contributed by atoms with Crippen LogP contribution in [-0.4, -0.2) is 4.98 Å². The zero-order valence-electron chi connectivity index (χ0n) is 9.13. The van der Waals surface area contributed by atoms with E-state index in [9.17, 15) is 0 Å². The first kappa shape index (κ1) is 12.7. The second-order valence-corrected chi connectivity index (χ2v) is 3.61. The van der Waals surface area contributed by atoms with Gasteiger partial charge < -0.3 is 5.73 Å². The van der Waals surface area contributed by atoms with Gasteiger partial charge in [0, 0.05) is 12.4 Å². The Bertz CT molecular complexity index is 443. The molecule has 0 fully saturated rings. The monoisotopic (exact) mass is 234 g/mol. The fourth-order valence-electron chi connectivity index (χ4n) is 1.69. The molecule has 2 N–H and O–H groups in total. The third kappa shape index (κ3) is 2.60. The smallest absolute Gasteiger partial charge is 0.0555 e. The van der Waals surface area contributed by atoms with Crippen LogP contribution in [0.25, 0.3) is 0 Å². The van der Waals surface area contributed by atoms with E-state index < -0.39 is 0 Å². The van der Waals surface area contributed by atoms with E-state index in [0.717, 1.165) is 5.56 Å². The Kier molecular flexibility index (Phi) is 4.47. The van der Waals surface area contributed by atoms with Gasteiger partial charge in [0.05, 0.1) is 6.04 Å². The van der Waals surface area contributed by atoms with Gasteiger partial charge in [0.2, 0.25) is 0 Å². The van der Waals surface area contributed by atoms with Crippen LogP contribution in [0.1, 0.15) is 22.7 Å². The van der Waals surface area contributed by atoms with Crippen LogP contribution >= 0.6 is 12.4 Å². The minimum absolute atomic E-state index is 0. The molecule has 0 spiro atoms. The summed E-state index contributed by atoms with van der Waals surface area (Å²) < 4.78 is 0. The van der Waals surface area contributed by atoms with Crippen molar-refractivity contribution in [2.24, 2.45) is 5.73 Å². The predicted octanol–water partition coefficient (Wildman–Crippen LogP) is 2.86. The molecule has 0 radical (unpaired) electrons. The van der Waals surface area contributed by atoms with E-state index in [-0.39, 0.29) is 18.4 Å². The molecule has 1 heterocycles. The molecule has 3 heteroatoms. The van der Waals surface area contributed by atoms with E-state index in [1.54, 1.807) is 12.4 Å². The first-order valence-electron chi connectivity index (χ1n) is 5.00. The van der Waals surface area contributed by atoms with Gasteiger partial charge in [-0.1, -0.05) is 24.3 Å². The molecule has 1 atom stereocenters. The number of pyridine rings is 1. The third-order valence-electron chi connectivity index (χ3n) is 2.59. The average Bonchev–Trinajstić information content (AvgIpc) is 2.30. The van der Waals surface area contributed by atoms with Crippen LogP contribution in [0.2, 0.25) is 0 Å². The fourth-order valence-corrected chi connectivity index (χ4v) is 1.69. The highest BCUT2D eigenvalue weighted by atomic mass is 35.5. The number of aryl methyl sites for hydroxylation is 1. The molecule has 1 unspecified atom stereocenters. The van der Waals surface area contributed by atoms with Crippen molar-refractivity contribution in [2.75, 3.05) is 0 Å². The Morgan fingerprint density at radius 3 is 2.31 bits per heavy atom. The molecule has 1 aromatic heterocycles. The topological polar surface area (TPSA) is 38.9 Å². The van der Waals surface area contributed by atoms with Gasteiger partial charge in [-0.15, -0.1) is 12.4 Å². The Morgan fingerprint density at radius 1 is 1.06 bits per heavy atom. The summed E-state index contributed by atoms with van der Waals surface area (Å²) in [5.74, 6) is 0. The summed E-state index contributed by atoms with van der Waals surface area (Å²) in [6.45, 7) is 2.08. The fraction of sp³-hybridized carbons (Fsp3) is 0.154. The van der Waals surface area contributed by atoms with E-state index in [1.165, 1.54) is 11.1 Å². The van der Waals surface area contributed by atoms with Crippen molar-refractivity contribution in [3.8, 4) is 0 Å². The van der Waals surface area contributed by atoms with E-state index in [0.29, 0.717) is 0 Å². The molecule has 0 aliphatic rings. The lowest BCUT2D eigenvalue weighted by Crippen LogP contribution is -2.13. The van der Waals surface area contributed by atoms with Gasteiger partial charge in [-0.3, -0.25) is 4.98 Å². The van der Waals surface area contributed by atoms with Crippen LogP contribution < -0.4 is 5.73 Å². The van der Waals surface area contributed by atoms with Gasteiger partial charge in [-0.05, 0) is 35.7 Å². The predicted molar refractivity (Wildman–Crippen MR) is 68.7 cm³/mol. The first-order chi connectivity index (χ1) is 7.29. The van der Waals surface area contributed by atoms with Gasteiger partial charge in [-0.25, -0.2) is 0 Å². The Balaban J connectivity index is 0.00000128. The minimum Gasteiger partial charge on any atom is -0.320 e. The number of hydrogen-bond acceptors (Lipinski definition) is 2. The van der Waals surface area contributed by atoms with Crippen molar-refractivity contribution in [1.82, 2.24) is 4.98 Å². The summed E-state index contributed by atoms with van der Waals surface area (Å²) in [5, 5.41) is 0. The number of benzene rings is 1. The number of nitrogens with zero attached hydrogens (tertiary/aromatic N) is 1. The van der Waals surface area contributed by atoms with Gasteiger partial charge in [0.1, 0.15) is 0 Å². The molecule has 0 bridgehead atoms. The van der Waals surface area contributed by atoms with E-state index in [2.05, 4.69) is 24.0 Å². The van der Waals surface area contributed by atoms with Crippen molar-refractivity contribution in [3.05, 3.63) is 65.5 Å². The van der Waals surface area contributed by atoms with Crippen LogP contribution in [0.15, 0.2) is 48.8 Å². The normalized spacial score (nSPS) is 11.6. The molecule has 2 nitrogen and oxygen atoms in total. The number of aromatic nitrogens is 1. The highest BCUT2D eigenvalue weighted by Gasteiger charge is 2.09. The summed E-state index contributed by atoms with van der Waals surface area (Å²) in [6, 6.07) is 12.0. The summed E-state index contributed by atoms with van der Waals surface area (Å²) in [4.78, 5) is 3.99. The molecule has 2 aromatic rings. The van der Waals surface area contributed by atoms with E-state index in [1.807, 2.05) is 24.3 Å². The van der Waals surface area contributed by atoms with Crippen LogP contribution in [0.3, 0.4) is 0 Å². The third-order valence-corrected chi connectivity index (χ3v) is 2.59. The second-order valence-electron chi connectivity index (χ2n) is 3.61. The van der Waals surface area contributed by atoms with E-state index in [4.69, 9.17) is 5.73 Å². The van der Waals surface area contributed by atoms with Crippen molar-refractivity contribution < 1.29 is 0 Å². The molecule has 0 aliphatic carbocycles. The summed E-state index contributed by atoms with van der Waals surface area (Å²) in [5.41, 5.74) is 9.68. The zero-order valence-corrected chi connectivity index (χ0v) is 9.95. The molecule has 16 heavy (non-hydrogen) atoms. The van der Waals surface area contributed by atoms with Crippen molar-refractivity contribution >= 4 is 12.4 Å². The number of hydrogen-bond donors (Lipinski definition) is 1. The maximum atomic E-state index is 6.19. The largest absolute Gasteiger partial charge is 0.320 e. The van der Waals surface area contributed by atoms with Crippen LogP contribution in [-0.2, 0) is 0 Å². The average molecular weight is 235 g/mol. The SMILES string of the molecule is Cc1ccccc1C(N)c1ccncc1.Cl. The molecule has 0 saturated heterocycles. The molecule has 0 saturated carbocycles. The van der Waals surface area contributed by atoms with Gasteiger partial charge in [0.15, 0.2) is 0 Å². The quantitative estimate of drug-likeness (QED) is 0.868. The van der Waals surface area contributed by atoms with Crippen molar-refractivity contribution in [1.29, 1.82) is 0 Å². The lowest BCUT2D eigenvalue weighted by Gasteiger charge is -2.14. The zero-order chi connectivity index (χ0) is 10.7. The molecule has 1 aromatic carbocycles. The number of halogens is 1. The number of rotatable bonds is 2. The highest BCUT2D eigenvalue weighted by Crippen LogP contribution is 2.21. The summed E-state index contributed by atoms with van der Waals surface area (Å²) in [7, 11) is 0. The van der Waals surface area contributed by atoms with Crippen LogP contribution in [0.4, 0.5) is 0 Å². The Morgan fingerprint density at radius 2 is 1.69 bits per heavy atom. The molecule has 0 aliphatic heterocycles. The lowest BCUT2D eigenvalue weighted by atomic mass is 9.97. The maximum Gasteiger partial charge on any atom is 0.0555 e. The second kappa shape index (κ2) is 5.64. The summed E-state index contributed by atoms with van der Waals surface area (Å²) >= 11 is 0.